The van der Waals surface area contributed by atoms with Crippen LogP contribution in [0.15, 0.2) is 30.6 Å². The standard InChI is InChI=1S/C22H22F3N5O2/c1-3-26-21(32)17-7-6-15(11-14(17)2)18-12-28-20-19(27-9-8-22(23,24)25)29-16(5-4-10-31)13-30(18)20/h6-7,11-13,31H,3,8-10H2,1-2H3,(H,26,32)(H,27,29). The molecule has 2 aromatic heterocycles. The third-order valence-electron chi connectivity index (χ3n) is 4.59. The lowest BCUT2D eigenvalue weighted by atomic mass is 10.0. The molecule has 1 amide bonds. The van der Waals surface area contributed by atoms with Crippen LogP contribution in [0.25, 0.3) is 16.9 Å². The van der Waals surface area contributed by atoms with Crippen LogP contribution in [0.3, 0.4) is 0 Å². The molecule has 0 atom stereocenters. The van der Waals surface area contributed by atoms with Crippen LogP contribution in [0.5, 0.6) is 0 Å². The number of rotatable bonds is 6. The Labute approximate surface area is 182 Å². The first-order chi connectivity index (χ1) is 15.2. The number of imidazole rings is 1. The molecule has 0 unspecified atom stereocenters. The normalized spacial score (nSPS) is 11.2. The van der Waals surface area contributed by atoms with Crippen LogP contribution in [-0.4, -0.2) is 51.3 Å². The number of amides is 1. The Morgan fingerprint density at radius 3 is 2.75 bits per heavy atom. The number of aliphatic hydroxyl groups is 1. The molecule has 0 radical (unpaired) electrons. The van der Waals surface area contributed by atoms with Gasteiger partial charge in [0.2, 0.25) is 0 Å². The van der Waals surface area contributed by atoms with Gasteiger partial charge in [-0.2, -0.15) is 13.2 Å². The average molecular weight is 445 g/mol. The van der Waals surface area contributed by atoms with Gasteiger partial charge in [-0.25, -0.2) is 9.97 Å². The minimum atomic E-state index is -4.30. The van der Waals surface area contributed by atoms with E-state index >= 15 is 0 Å². The van der Waals surface area contributed by atoms with E-state index in [0.29, 0.717) is 23.4 Å². The van der Waals surface area contributed by atoms with Crippen molar-refractivity contribution < 1.29 is 23.1 Å². The molecule has 0 aliphatic carbocycles. The summed E-state index contributed by atoms with van der Waals surface area (Å²) in [6.45, 7) is 3.42. The summed E-state index contributed by atoms with van der Waals surface area (Å²) in [5.74, 6) is 5.15. The summed E-state index contributed by atoms with van der Waals surface area (Å²) in [6, 6.07) is 5.33. The van der Waals surface area contributed by atoms with Crippen LogP contribution >= 0.6 is 0 Å². The van der Waals surface area contributed by atoms with E-state index in [-0.39, 0.29) is 30.6 Å². The summed E-state index contributed by atoms with van der Waals surface area (Å²) in [6.07, 6.45) is -2.15. The zero-order valence-corrected chi connectivity index (χ0v) is 17.5. The van der Waals surface area contributed by atoms with Crippen molar-refractivity contribution in [3.8, 4) is 23.1 Å². The maximum absolute atomic E-state index is 12.6. The number of hydrogen-bond donors (Lipinski definition) is 3. The molecule has 3 aromatic rings. The van der Waals surface area contributed by atoms with Gasteiger partial charge in [0.1, 0.15) is 12.3 Å². The molecule has 32 heavy (non-hydrogen) atoms. The van der Waals surface area contributed by atoms with Crippen molar-refractivity contribution in [3.05, 3.63) is 47.4 Å². The molecule has 3 rings (SSSR count). The predicted octanol–water partition coefficient (Wildman–Crippen LogP) is 3.16. The van der Waals surface area contributed by atoms with E-state index in [4.69, 9.17) is 5.11 Å². The topological polar surface area (TPSA) is 91.5 Å². The number of halogens is 3. The third kappa shape index (κ3) is 5.36. The Morgan fingerprint density at radius 2 is 2.09 bits per heavy atom. The smallest absolute Gasteiger partial charge is 0.384 e. The number of aliphatic hydroxyl groups excluding tert-OH is 1. The lowest BCUT2D eigenvalue weighted by molar-refractivity contribution is -0.131. The molecular formula is C22H22F3N5O2. The van der Waals surface area contributed by atoms with Crippen molar-refractivity contribution in [2.75, 3.05) is 25.0 Å². The highest BCUT2D eigenvalue weighted by atomic mass is 19.4. The van der Waals surface area contributed by atoms with E-state index in [0.717, 1.165) is 11.1 Å². The quantitative estimate of drug-likeness (QED) is 0.507. The Morgan fingerprint density at radius 1 is 1.31 bits per heavy atom. The first-order valence-corrected chi connectivity index (χ1v) is 9.91. The summed E-state index contributed by atoms with van der Waals surface area (Å²) in [5.41, 5.74) is 3.32. The molecule has 0 fully saturated rings. The van der Waals surface area contributed by atoms with Gasteiger partial charge in [0.25, 0.3) is 5.91 Å². The Bertz CT molecular complexity index is 1190. The molecule has 2 heterocycles. The second kappa shape index (κ2) is 9.70. The summed E-state index contributed by atoms with van der Waals surface area (Å²) in [5, 5.41) is 14.4. The van der Waals surface area contributed by atoms with Crippen molar-refractivity contribution >= 4 is 17.4 Å². The Kier molecular flexibility index (Phi) is 7.00. The predicted molar refractivity (Wildman–Crippen MR) is 114 cm³/mol. The van der Waals surface area contributed by atoms with Crippen LogP contribution in [0, 0.1) is 18.8 Å². The number of alkyl halides is 3. The van der Waals surface area contributed by atoms with Crippen molar-refractivity contribution in [1.29, 1.82) is 0 Å². The van der Waals surface area contributed by atoms with Crippen LogP contribution < -0.4 is 10.6 Å². The van der Waals surface area contributed by atoms with E-state index in [1.165, 1.54) is 0 Å². The first-order valence-electron chi connectivity index (χ1n) is 9.91. The Hall–Kier alpha value is -3.58. The summed E-state index contributed by atoms with van der Waals surface area (Å²) >= 11 is 0. The molecule has 0 bridgehead atoms. The number of fused-ring (bicyclic) bond motifs is 1. The number of aryl methyl sites for hydroxylation is 1. The molecule has 0 spiro atoms. The second-order valence-corrected chi connectivity index (χ2v) is 6.95. The maximum Gasteiger partial charge on any atom is 0.390 e. The lowest BCUT2D eigenvalue weighted by Crippen LogP contribution is -2.23. The number of nitrogens with zero attached hydrogens (tertiary/aromatic N) is 3. The molecular weight excluding hydrogens is 423 g/mol. The van der Waals surface area contributed by atoms with Crippen molar-refractivity contribution in [3.63, 3.8) is 0 Å². The molecule has 1 aromatic carbocycles. The number of aromatic nitrogens is 3. The molecule has 0 saturated carbocycles. The van der Waals surface area contributed by atoms with Gasteiger partial charge in [-0.05, 0) is 37.5 Å². The zero-order chi connectivity index (χ0) is 23.3. The second-order valence-electron chi connectivity index (χ2n) is 6.95. The van der Waals surface area contributed by atoms with E-state index in [1.807, 2.05) is 19.9 Å². The third-order valence-corrected chi connectivity index (χ3v) is 4.59. The molecule has 10 heteroatoms. The number of nitrogens with one attached hydrogen (secondary N) is 2. The fourth-order valence-electron chi connectivity index (χ4n) is 3.17. The number of anilines is 1. The fraction of sp³-hybridized carbons (Fsp3) is 0.318. The van der Waals surface area contributed by atoms with Gasteiger partial charge in [-0.1, -0.05) is 12.0 Å². The zero-order valence-electron chi connectivity index (χ0n) is 17.5. The highest BCUT2D eigenvalue weighted by molar-refractivity contribution is 5.96. The largest absolute Gasteiger partial charge is 0.390 e. The van der Waals surface area contributed by atoms with Crippen LogP contribution in [0.1, 0.15) is 35.0 Å². The van der Waals surface area contributed by atoms with E-state index < -0.39 is 12.6 Å². The van der Waals surface area contributed by atoms with Gasteiger partial charge in [0.15, 0.2) is 11.5 Å². The van der Waals surface area contributed by atoms with Gasteiger partial charge in [0.05, 0.1) is 18.3 Å². The van der Waals surface area contributed by atoms with Gasteiger partial charge >= 0.3 is 6.18 Å². The molecule has 7 nitrogen and oxygen atoms in total. The molecule has 0 saturated heterocycles. The summed E-state index contributed by atoms with van der Waals surface area (Å²) in [7, 11) is 0. The number of carbonyl (C=O) groups is 1. The lowest BCUT2D eigenvalue weighted by Gasteiger charge is -2.11. The minimum Gasteiger partial charge on any atom is -0.384 e. The first kappa shape index (κ1) is 23.1. The average Bonchev–Trinajstić information content (AvgIpc) is 3.15. The van der Waals surface area contributed by atoms with Gasteiger partial charge in [-0.3, -0.25) is 9.20 Å². The van der Waals surface area contributed by atoms with Crippen molar-refractivity contribution in [2.45, 2.75) is 26.4 Å². The number of carbonyl (C=O) groups excluding carboxylic acids is 1. The Balaban J connectivity index is 2.04. The monoisotopic (exact) mass is 445 g/mol. The van der Waals surface area contributed by atoms with E-state index in [2.05, 4.69) is 32.4 Å². The van der Waals surface area contributed by atoms with Gasteiger partial charge < -0.3 is 15.7 Å². The van der Waals surface area contributed by atoms with Crippen LogP contribution in [0.4, 0.5) is 19.0 Å². The van der Waals surface area contributed by atoms with Crippen molar-refractivity contribution in [1.82, 2.24) is 19.7 Å². The van der Waals surface area contributed by atoms with Crippen molar-refractivity contribution in [2.24, 2.45) is 0 Å². The highest BCUT2D eigenvalue weighted by Gasteiger charge is 2.26. The molecule has 168 valence electrons. The van der Waals surface area contributed by atoms with Gasteiger partial charge in [-0.15, -0.1) is 0 Å². The summed E-state index contributed by atoms with van der Waals surface area (Å²) < 4.78 is 39.3. The van der Waals surface area contributed by atoms with E-state index in [9.17, 15) is 18.0 Å². The maximum atomic E-state index is 12.6. The van der Waals surface area contributed by atoms with E-state index in [1.54, 1.807) is 28.9 Å². The number of benzene rings is 1. The van der Waals surface area contributed by atoms with Gasteiger partial charge in [0, 0.05) is 30.4 Å². The molecule has 0 aliphatic rings. The SMILES string of the molecule is CCNC(=O)c1ccc(-c2cnc3c(NCCC(F)(F)F)nc(C#CCO)cn23)cc1C. The molecule has 0 aliphatic heterocycles. The van der Waals surface area contributed by atoms with Crippen LogP contribution in [0.2, 0.25) is 0 Å². The fourth-order valence-corrected chi connectivity index (χ4v) is 3.17. The highest BCUT2D eigenvalue weighted by Crippen LogP contribution is 2.27. The number of hydrogen-bond acceptors (Lipinski definition) is 5. The summed E-state index contributed by atoms with van der Waals surface area (Å²) in [4.78, 5) is 20.7. The minimum absolute atomic E-state index is 0.154. The van der Waals surface area contributed by atoms with Crippen LogP contribution in [-0.2, 0) is 0 Å². The molecule has 3 N–H and O–H groups in total.